The van der Waals surface area contributed by atoms with Crippen LogP contribution in [-0.2, 0) is 9.53 Å². The maximum absolute atomic E-state index is 11.4. The van der Waals surface area contributed by atoms with Gasteiger partial charge in [-0.15, -0.1) is 0 Å². The number of carbonyl (C=O) groups excluding carboxylic acids is 1. The molecule has 5 unspecified atom stereocenters. The lowest BCUT2D eigenvalue weighted by Crippen LogP contribution is -2.65. The van der Waals surface area contributed by atoms with Crippen molar-refractivity contribution in [3.05, 3.63) is 36.7 Å². The molecule has 5 atom stereocenters. The highest BCUT2D eigenvalue weighted by Gasteiger charge is 2.46. The Hall–Kier alpha value is -2.26. The Morgan fingerprint density at radius 2 is 2.08 bits per heavy atom. The van der Waals surface area contributed by atoms with Gasteiger partial charge in [-0.3, -0.25) is 9.78 Å². The fourth-order valence-electron chi connectivity index (χ4n) is 2.84. The molecule has 1 amide bonds. The van der Waals surface area contributed by atoms with Crippen LogP contribution < -0.4 is 10.1 Å². The van der Waals surface area contributed by atoms with E-state index in [-0.39, 0.29) is 0 Å². The number of benzene rings is 1. The second-order valence-corrected chi connectivity index (χ2v) is 5.94. The maximum atomic E-state index is 11.4. The molecule has 1 fully saturated rings. The predicted molar refractivity (Wildman–Crippen MR) is 87.7 cm³/mol. The van der Waals surface area contributed by atoms with E-state index in [2.05, 4.69) is 10.3 Å². The number of aromatic nitrogens is 1. The maximum Gasteiger partial charge on any atom is 0.223 e. The van der Waals surface area contributed by atoms with Crippen LogP contribution in [0.1, 0.15) is 6.92 Å². The number of amides is 1. The monoisotopic (exact) mass is 348 g/mol. The van der Waals surface area contributed by atoms with Crippen LogP contribution in [0.5, 0.6) is 5.75 Å². The van der Waals surface area contributed by atoms with Crippen LogP contribution in [0, 0.1) is 0 Å². The molecule has 1 aromatic heterocycles. The van der Waals surface area contributed by atoms with Gasteiger partial charge in [0.2, 0.25) is 12.2 Å². The Morgan fingerprint density at radius 1 is 1.28 bits per heavy atom. The molecule has 25 heavy (non-hydrogen) atoms. The summed E-state index contributed by atoms with van der Waals surface area (Å²) in [7, 11) is 0. The van der Waals surface area contributed by atoms with Crippen molar-refractivity contribution in [3.63, 3.8) is 0 Å². The first-order valence-electron chi connectivity index (χ1n) is 7.89. The van der Waals surface area contributed by atoms with Gasteiger partial charge in [0, 0.05) is 24.7 Å². The molecule has 2 aromatic rings. The Kier molecular flexibility index (Phi) is 5.14. The van der Waals surface area contributed by atoms with E-state index in [9.17, 15) is 20.1 Å². The molecule has 0 saturated carbocycles. The average molecular weight is 348 g/mol. The van der Waals surface area contributed by atoms with Gasteiger partial charge in [0.25, 0.3) is 0 Å². The molecular formula is C17H20N2O6. The smallest absolute Gasteiger partial charge is 0.223 e. The summed E-state index contributed by atoms with van der Waals surface area (Å²) >= 11 is 0. The lowest BCUT2D eigenvalue weighted by atomic mass is 9.97. The van der Waals surface area contributed by atoms with E-state index in [0.717, 1.165) is 10.8 Å². The van der Waals surface area contributed by atoms with Gasteiger partial charge in [-0.25, -0.2) is 0 Å². The summed E-state index contributed by atoms with van der Waals surface area (Å²) in [5.74, 6) is 0.0414. The largest absolute Gasteiger partial charge is 0.463 e. The standard InChI is InChI=1S/C17H20N2O6/c1-9(21)19-14-16(23)15(22)13(8-20)25-17(14)24-12-3-2-10-4-5-18-7-11(10)6-12/h2-7,13-17,20,22-23H,8H2,1H3,(H,19,21). The summed E-state index contributed by atoms with van der Waals surface area (Å²) < 4.78 is 11.3. The van der Waals surface area contributed by atoms with Crippen LogP contribution in [0.2, 0.25) is 0 Å². The average Bonchev–Trinajstić information content (AvgIpc) is 2.61. The van der Waals surface area contributed by atoms with E-state index in [1.165, 1.54) is 6.92 Å². The fraction of sp³-hybridized carbons (Fsp3) is 0.412. The van der Waals surface area contributed by atoms with Gasteiger partial charge in [0.15, 0.2) is 0 Å². The molecule has 1 aromatic carbocycles. The van der Waals surface area contributed by atoms with Gasteiger partial charge in [0.05, 0.1) is 6.61 Å². The number of aliphatic hydroxyl groups excluding tert-OH is 3. The van der Waals surface area contributed by atoms with E-state index in [1.807, 2.05) is 12.1 Å². The molecule has 1 aliphatic heterocycles. The van der Waals surface area contributed by atoms with Gasteiger partial charge in [-0.1, -0.05) is 6.07 Å². The highest BCUT2D eigenvalue weighted by atomic mass is 16.7. The molecule has 134 valence electrons. The summed E-state index contributed by atoms with van der Waals surface area (Å²) in [5.41, 5.74) is 0. The number of fused-ring (bicyclic) bond motifs is 1. The van der Waals surface area contributed by atoms with Crippen molar-refractivity contribution in [1.29, 1.82) is 0 Å². The molecule has 0 radical (unpaired) electrons. The van der Waals surface area contributed by atoms with E-state index < -0.39 is 43.2 Å². The SMILES string of the molecule is CC(=O)NC1C(Oc2ccc3ccncc3c2)OC(CO)C(O)C1O. The van der Waals surface area contributed by atoms with Gasteiger partial charge in [-0.2, -0.15) is 0 Å². The van der Waals surface area contributed by atoms with Crippen molar-refractivity contribution >= 4 is 16.7 Å². The predicted octanol–water partition coefficient (Wildman–Crippen LogP) is -0.443. The first-order valence-corrected chi connectivity index (χ1v) is 7.89. The van der Waals surface area contributed by atoms with Crippen LogP contribution in [0.3, 0.4) is 0 Å². The summed E-state index contributed by atoms with van der Waals surface area (Å²) in [4.78, 5) is 15.5. The molecule has 8 heteroatoms. The van der Waals surface area contributed by atoms with Crippen molar-refractivity contribution in [1.82, 2.24) is 10.3 Å². The second-order valence-electron chi connectivity index (χ2n) is 5.94. The van der Waals surface area contributed by atoms with E-state index in [0.29, 0.717) is 5.75 Å². The zero-order valence-corrected chi connectivity index (χ0v) is 13.6. The zero-order chi connectivity index (χ0) is 18.0. The molecule has 0 spiro atoms. The molecule has 0 bridgehead atoms. The number of pyridine rings is 1. The number of ether oxygens (including phenoxy) is 2. The molecule has 1 saturated heterocycles. The molecule has 2 heterocycles. The number of hydrogen-bond donors (Lipinski definition) is 4. The first kappa shape index (κ1) is 17.6. The van der Waals surface area contributed by atoms with Crippen LogP contribution in [0.4, 0.5) is 0 Å². The van der Waals surface area contributed by atoms with Crippen molar-refractivity contribution < 1.29 is 29.6 Å². The topological polar surface area (TPSA) is 121 Å². The quantitative estimate of drug-likeness (QED) is 0.591. The zero-order valence-electron chi connectivity index (χ0n) is 13.6. The van der Waals surface area contributed by atoms with E-state index in [1.54, 1.807) is 24.5 Å². The number of hydrogen-bond acceptors (Lipinski definition) is 7. The molecule has 3 rings (SSSR count). The first-order chi connectivity index (χ1) is 12.0. The lowest BCUT2D eigenvalue weighted by Gasteiger charge is -2.42. The Morgan fingerprint density at radius 3 is 2.80 bits per heavy atom. The minimum absolute atomic E-state index is 0.404. The highest BCUT2D eigenvalue weighted by Crippen LogP contribution is 2.26. The summed E-state index contributed by atoms with van der Waals surface area (Å²) in [5, 5.41) is 33.9. The normalized spacial score (nSPS) is 29.4. The van der Waals surface area contributed by atoms with E-state index in [4.69, 9.17) is 9.47 Å². The third-order valence-corrected chi connectivity index (χ3v) is 4.12. The Labute approximate surface area is 144 Å². The summed E-state index contributed by atoms with van der Waals surface area (Å²) in [6.07, 6.45) is -1.42. The number of rotatable bonds is 4. The molecule has 1 aliphatic rings. The molecular weight excluding hydrogens is 328 g/mol. The number of carbonyl (C=O) groups is 1. The Balaban J connectivity index is 1.86. The van der Waals surface area contributed by atoms with E-state index >= 15 is 0 Å². The lowest BCUT2D eigenvalue weighted by molar-refractivity contribution is -0.244. The van der Waals surface area contributed by atoms with Crippen LogP contribution in [0.25, 0.3) is 10.8 Å². The summed E-state index contributed by atoms with van der Waals surface area (Å²) in [6.45, 7) is 0.794. The fourth-order valence-corrected chi connectivity index (χ4v) is 2.84. The minimum Gasteiger partial charge on any atom is -0.463 e. The van der Waals surface area contributed by atoms with Crippen molar-refractivity contribution in [3.8, 4) is 5.75 Å². The van der Waals surface area contributed by atoms with Gasteiger partial charge in [0.1, 0.15) is 30.1 Å². The number of nitrogens with one attached hydrogen (secondary N) is 1. The Bertz CT molecular complexity index is 755. The van der Waals surface area contributed by atoms with Crippen molar-refractivity contribution in [2.75, 3.05) is 6.61 Å². The molecule has 0 aliphatic carbocycles. The second kappa shape index (κ2) is 7.32. The van der Waals surface area contributed by atoms with Gasteiger partial charge < -0.3 is 30.1 Å². The number of nitrogens with zero attached hydrogens (tertiary/aromatic N) is 1. The molecule has 4 N–H and O–H groups in total. The van der Waals surface area contributed by atoms with Crippen LogP contribution >= 0.6 is 0 Å². The third kappa shape index (κ3) is 3.72. The van der Waals surface area contributed by atoms with Gasteiger partial charge >= 0.3 is 0 Å². The van der Waals surface area contributed by atoms with Gasteiger partial charge in [-0.05, 0) is 23.6 Å². The number of aliphatic hydroxyl groups is 3. The highest BCUT2D eigenvalue weighted by molar-refractivity contribution is 5.82. The van der Waals surface area contributed by atoms with Crippen LogP contribution in [0.15, 0.2) is 36.7 Å². The minimum atomic E-state index is -1.35. The summed E-state index contributed by atoms with van der Waals surface area (Å²) in [6, 6.07) is 6.19. The van der Waals surface area contributed by atoms with Crippen molar-refractivity contribution in [2.45, 2.75) is 37.6 Å². The third-order valence-electron chi connectivity index (χ3n) is 4.12. The van der Waals surface area contributed by atoms with Crippen LogP contribution in [-0.4, -0.2) is 63.5 Å². The van der Waals surface area contributed by atoms with Crippen molar-refractivity contribution in [2.24, 2.45) is 0 Å². The molecule has 8 nitrogen and oxygen atoms in total.